The van der Waals surface area contributed by atoms with Crippen molar-refractivity contribution in [2.45, 2.75) is 52.1 Å². The maximum Gasteiger partial charge on any atom is 0.247 e. The van der Waals surface area contributed by atoms with E-state index in [9.17, 15) is 14.0 Å². The minimum absolute atomic E-state index is 0.0235. The zero-order valence-corrected chi connectivity index (χ0v) is 19.9. The molecule has 6 heteroatoms. The zero-order chi connectivity index (χ0) is 24.0. The van der Waals surface area contributed by atoms with Gasteiger partial charge < -0.3 is 9.47 Å². The molecule has 34 heavy (non-hydrogen) atoms. The van der Waals surface area contributed by atoms with Crippen LogP contribution in [0.5, 0.6) is 0 Å². The van der Waals surface area contributed by atoms with Gasteiger partial charge in [0.25, 0.3) is 0 Å². The second-order valence-corrected chi connectivity index (χ2v) is 10.5. The van der Waals surface area contributed by atoms with Crippen LogP contribution >= 0.6 is 0 Å². The fourth-order valence-electron chi connectivity index (χ4n) is 4.81. The van der Waals surface area contributed by atoms with E-state index < -0.39 is 6.04 Å². The van der Waals surface area contributed by atoms with Gasteiger partial charge >= 0.3 is 0 Å². The second-order valence-electron chi connectivity index (χ2n) is 10.5. The fraction of sp³-hybridized carbons (Fsp3) is 0.357. The average Bonchev–Trinajstić information content (AvgIpc) is 3.51. The van der Waals surface area contributed by atoms with Crippen LogP contribution in [0.15, 0.2) is 66.9 Å². The molecule has 2 heterocycles. The van der Waals surface area contributed by atoms with Gasteiger partial charge in [0.15, 0.2) is 0 Å². The SMILES string of the molecule is CC(C)(C)CC(=O)N(CC(=O)N1c2ccccc2-n2cccc2C1c1ccc(F)cc1)C1CC1. The number of aromatic nitrogens is 1. The largest absolute Gasteiger partial charge is 0.330 e. The number of hydrogen-bond donors (Lipinski definition) is 0. The smallest absolute Gasteiger partial charge is 0.247 e. The summed E-state index contributed by atoms with van der Waals surface area (Å²) in [6.45, 7) is 6.15. The van der Waals surface area contributed by atoms with Crippen molar-refractivity contribution in [1.82, 2.24) is 9.47 Å². The Labute approximate surface area is 199 Å². The Kier molecular flexibility index (Phi) is 5.54. The Morgan fingerprint density at radius 1 is 0.971 bits per heavy atom. The van der Waals surface area contributed by atoms with Crippen LogP contribution in [-0.4, -0.2) is 33.9 Å². The third-order valence-electron chi connectivity index (χ3n) is 6.47. The number of rotatable bonds is 5. The molecule has 2 amide bonds. The molecule has 1 unspecified atom stereocenters. The quantitative estimate of drug-likeness (QED) is 0.507. The maximum atomic E-state index is 14.0. The van der Waals surface area contributed by atoms with Gasteiger partial charge in [-0.25, -0.2) is 4.39 Å². The predicted molar refractivity (Wildman–Crippen MR) is 130 cm³/mol. The lowest BCUT2D eigenvalue weighted by atomic mass is 9.91. The van der Waals surface area contributed by atoms with Crippen molar-refractivity contribution in [2.75, 3.05) is 11.4 Å². The van der Waals surface area contributed by atoms with Crippen LogP contribution in [0.2, 0.25) is 0 Å². The number of halogens is 1. The average molecular weight is 460 g/mol. The Bertz CT molecular complexity index is 1220. The van der Waals surface area contributed by atoms with E-state index in [-0.39, 0.29) is 35.6 Å². The molecule has 1 atom stereocenters. The van der Waals surface area contributed by atoms with Crippen LogP contribution in [0.4, 0.5) is 10.1 Å². The summed E-state index contributed by atoms with van der Waals surface area (Å²) in [6, 6.07) is 17.8. The lowest BCUT2D eigenvalue weighted by Gasteiger charge is -2.39. The molecule has 3 aromatic rings. The summed E-state index contributed by atoms with van der Waals surface area (Å²) in [5.74, 6) is -0.431. The molecule has 1 fully saturated rings. The van der Waals surface area contributed by atoms with Crippen LogP contribution in [-0.2, 0) is 9.59 Å². The normalized spacial score (nSPS) is 17.2. The minimum Gasteiger partial charge on any atom is -0.330 e. The topological polar surface area (TPSA) is 45.6 Å². The van der Waals surface area contributed by atoms with Crippen molar-refractivity contribution in [1.29, 1.82) is 0 Å². The van der Waals surface area contributed by atoms with Crippen LogP contribution in [0.3, 0.4) is 0 Å². The molecule has 1 aromatic heterocycles. The number of benzene rings is 2. The highest BCUT2D eigenvalue weighted by molar-refractivity contribution is 6.00. The zero-order valence-electron chi connectivity index (χ0n) is 19.9. The molecular formula is C28H30FN3O2. The lowest BCUT2D eigenvalue weighted by Crippen LogP contribution is -2.47. The molecule has 0 saturated heterocycles. The van der Waals surface area contributed by atoms with Gasteiger partial charge in [0.2, 0.25) is 11.8 Å². The Balaban J connectivity index is 1.55. The van der Waals surface area contributed by atoms with Crippen molar-refractivity contribution >= 4 is 17.5 Å². The monoisotopic (exact) mass is 459 g/mol. The van der Waals surface area contributed by atoms with Crippen LogP contribution < -0.4 is 4.90 Å². The number of para-hydroxylation sites is 2. The molecule has 2 aliphatic rings. The van der Waals surface area contributed by atoms with E-state index in [4.69, 9.17) is 0 Å². The fourth-order valence-corrected chi connectivity index (χ4v) is 4.81. The van der Waals surface area contributed by atoms with Crippen LogP contribution in [0.25, 0.3) is 5.69 Å². The highest BCUT2D eigenvalue weighted by Gasteiger charge is 2.40. The van der Waals surface area contributed by atoms with E-state index >= 15 is 0 Å². The molecule has 1 aliphatic heterocycles. The van der Waals surface area contributed by atoms with Gasteiger partial charge in [0, 0.05) is 18.7 Å². The summed E-state index contributed by atoms with van der Waals surface area (Å²) in [7, 11) is 0. The lowest BCUT2D eigenvalue weighted by molar-refractivity contribution is -0.137. The van der Waals surface area contributed by atoms with Crippen molar-refractivity contribution in [2.24, 2.45) is 5.41 Å². The van der Waals surface area contributed by atoms with Gasteiger partial charge in [-0.1, -0.05) is 45.0 Å². The van der Waals surface area contributed by atoms with Crippen molar-refractivity contribution < 1.29 is 14.0 Å². The molecule has 0 radical (unpaired) electrons. The maximum absolute atomic E-state index is 14.0. The standard InChI is InChI=1S/C28H30FN3O2/c1-28(2,3)17-25(33)31(21-14-15-21)18-26(34)32-23-8-5-4-7-22(23)30-16-6-9-24(30)27(32)19-10-12-20(29)13-11-19/h4-13,16,21,27H,14-15,17-18H2,1-3H3. The first-order valence-corrected chi connectivity index (χ1v) is 11.9. The Morgan fingerprint density at radius 3 is 2.29 bits per heavy atom. The molecule has 1 saturated carbocycles. The van der Waals surface area contributed by atoms with Crippen molar-refractivity contribution in [3.05, 3.63) is 83.9 Å². The molecule has 0 spiro atoms. The van der Waals surface area contributed by atoms with E-state index in [2.05, 4.69) is 4.57 Å². The number of fused-ring (bicyclic) bond motifs is 3. The highest BCUT2D eigenvalue weighted by atomic mass is 19.1. The Morgan fingerprint density at radius 2 is 1.65 bits per heavy atom. The highest BCUT2D eigenvalue weighted by Crippen LogP contribution is 2.42. The van der Waals surface area contributed by atoms with Gasteiger partial charge in [-0.2, -0.15) is 0 Å². The number of nitrogens with zero attached hydrogens (tertiary/aromatic N) is 3. The number of carbonyl (C=O) groups excluding carboxylic acids is 2. The summed E-state index contributed by atoms with van der Waals surface area (Å²) in [6.07, 6.45) is 4.25. The van der Waals surface area contributed by atoms with Gasteiger partial charge in [0.05, 0.1) is 17.1 Å². The summed E-state index contributed by atoms with van der Waals surface area (Å²) in [5.41, 5.74) is 3.29. The molecule has 0 bridgehead atoms. The molecule has 176 valence electrons. The van der Waals surface area contributed by atoms with Gasteiger partial charge in [-0.05, 0) is 60.2 Å². The summed E-state index contributed by atoms with van der Waals surface area (Å²) < 4.78 is 15.8. The number of hydrogen-bond acceptors (Lipinski definition) is 2. The summed E-state index contributed by atoms with van der Waals surface area (Å²) in [4.78, 5) is 30.7. The first-order chi connectivity index (χ1) is 16.2. The van der Waals surface area contributed by atoms with Gasteiger partial charge in [-0.15, -0.1) is 0 Å². The molecule has 0 N–H and O–H groups in total. The van der Waals surface area contributed by atoms with Crippen molar-refractivity contribution in [3.8, 4) is 5.69 Å². The molecule has 2 aromatic carbocycles. The molecular weight excluding hydrogens is 429 g/mol. The van der Waals surface area contributed by atoms with Gasteiger partial charge in [0.1, 0.15) is 18.4 Å². The van der Waals surface area contributed by atoms with E-state index in [1.165, 1.54) is 12.1 Å². The van der Waals surface area contributed by atoms with Crippen LogP contribution in [0.1, 0.15) is 57.3 Å². The number of carbonyl (C=O) groups is 2. The third kappa shape index (κ3) is 4.25. The van der Waals surface area contributed by atoms with E-state index in [0.717, 1.165) is 35.5 Å². The molecule has 5 nitrogen and oxygen atoms in total. The number of anilines is 1. The second kappa shape index (κ2) is 8.42. The Hall–Kier alpha value is -3.41. The molecule has 5 rings (SSSR count). The first-order valence-electron chi connectivity index (χ1n) is 11.9. The predicted octanol–water partition coefficient (Wildman–Crippen LogP) is 5.48. The number of amides is 2. The van der Waals surface area contributed by atoms with Crippen molar-refractivity contribution in [3.63, 3.8) is 0 Å². The molecule has 1 aliphatic carbocycles. The van der Waals surface area contributed by atoms with E-state index in [0.29, 0.717) is 6.42 Å². The summed E-state index contributed by atoms with van der Waals surface area (Å²) in [5, 5.41) is 0. The van der Waals surface area contributed by atoms with E-state index in [1.807, 2.05) is 63.4 Å². The third-order valence-corrected chi connectivity index (χ3v) is 6.47. The first kappa shape index (κ1) is 22.4. The minimum atomic E-state index is -0.420. The van der Waals surface area contributed by atoms with Crippen LogP contribution in [0, 0.1) is 11.2 Å². The van der Waals surface area contributed by atoms with E-state index in [1.54, 1.807) is 21.9 Å². The van der Waals surface area contributed by atoms with Gasteiger partial charge in [-0.3, -0.25) is 14.5 Å². The summed E-state index contributed by atoms with van der Waals surface area (Å²) >= 11 is 0.